The van der Waals surface area contributed by atoms with Crippen molar-refractivity contribution in [2.75, 3.05) is 12.8 Å². The highest BCUT2D eigenvalue weighted by molar-refractivity contribution is 6.86. The average molecular weight is 346 g/mol. The van der Waals surface area contributed by atoms with Crippen molar-refractivity contribution >= 4 is 33.9 Å². The quantitative estimate of drug-likeness (QED) is 0.387. The molecule has 0 saturated heterocycles. The number of carbonyl (C=O) groups excluding carboxylic acids is 1. The lowest BCUT2D eigenvalue weighted by Gasteiger charge is -2.17. The average Bonchev–Trinajstić information content (AvgIpc) is 2.42. The third-order valence-corrected chi connectivity index (χ3v) is 5.95. The third kappa shape index (κ3) is 6.08. The van der Waals surface area contributed by atoms with Crippen molar-refractivity contribution in [3.8, 4) is 11.5 Å². The molecule has 0 aromatic heterocycles. The van der Waals surface area contributed by atoms with Gasteiger partial charge in [0.15, 0.2) is 0 Å². The number of ether oxygens (including phenoxy) is 1. The Hall–Kier alpha value is -1.78. The molecule has 0 unspecified atom stereocenters. The number of carbonyl (C=O) groups is 1. The SMILES string of the molecule is COC(=O)c1ccc(N)c(/C=C(\C#C[Si](C)(C)C)[Si](C)(C)C)c1. The van der Waals surface area contributed by atoms with Crippen LogP contribution >= 0.6 is 0 Å². The van der Waals surface area contributed by atoms with Crippen molar-refractivity contribution in [2.45, 2.75) is 39.3 Å². The van der Waals surface area contributed by atoms with Crippen LogP contribution in [0, 0.1) is 11.5 Å². The van der Waals surface area contributed by atoms with Crippen molar-refractivity contribution in [3.05, 3.63) is 34.5 Å². The van der Waals surface area contributed by atoms with E-state index in [4.69, 9.17) is 10.5 Å². The number of methoxy groups -OCH3 is 1. The number of hydrogen-bond donors (Lipinski definition) is 1. The molecule has 0 aliphatic carbocycles. The minimum atomic E-state index is -1.61. The van der Waals surface area contributed by atoms with Crippen LogP contribution in [0.25, 0.3) is 6.08 Å². The molecule has 0 spiro atoms. The van der Waals surface area contributed by atoms with E-state index in [1.807, 2.05) is 6.08 Å². The first-order chi connectivity index (χ1) is 10.4. The van der Waals surface area contributed by atoms with Gasteiger partial charge in [0.2, 0.25) is 0 Å². The van der Waals surface area contributed by atoms with E-state index >= 15 is 0 Å². The molecular weight excluding hydrogens is 318 g/mol. The van der Waals surface area contributed by atoms with E-state index in [0.717, 1.165) is 10.8 Å². The van der Waals surface area contributed by atoms with Crippen LogP contribution in [0.3, 0.4) is 0 Å². The molecule has 1 rings (SSSR count). The van der Waals surface area contributed by atoms with Crippen molar-refractivity contribution in [1.29, 1.82) is 0 Å². The molecule has 1 aromatic carbocycles. The van der Waals surface area contributed by atoms with Crippen molar-refractivity contribution in [2.24, 2.45) is 0 Å². The van der Waals surface area contributed by atoms with Crippen LogP contribution in [0.2, 0.25) is 39.3 Å². The Morgan fingerprint density at radius 1 is 1.17 bits per heavy atom. The second-order valence-corrected chi connectivity index (χ2v) is 17.4. The van der Waals surface area contributed by atoms with Crippen molar-refractivity contribution < 1.29 is 9.53 Å². The number of allylic oxidation sites excluding steroid dienone is 1. The van der Waals surface area contributed by atoms with Crippen LogP contribution in [0.5, 0.6) is 0 Å². The topological polar surface area (TPSA) is 52.3 Å². The maximum Gasteiger partial charge on any atom is 0.337 e. The lowest BCUT2D eigenvalue weighted by atomic mass is 10.1. The van der Waals surface area contributed by atoms with Crippen LogP contribution in [0.15, 0.2) is 23.4 Å². The van der Waals surface area contributed by atoms with Crippen LogP contribution in [0.1, 0.15) is 15.9 Å². The van der Waals surface area contributed by atoms with Crippen LogP contribution in [-0.2, 0) is 4.74 Å². The van der Waals surface area contributed by atoms with Gasteiger partial charge in [-0.25, -0.2) is 4.79 Å². The van der Waals surface area contributed by atoms with Gasteiger partial charge in [-0.3, -0.25) is 0 Å². The lowest BCUT2D eigenvalue weighted by Crippen LogP contribution is -2.24. The van der Waals surface area contributed by atoms with E-state index in [0.29, 0.717) is 11.3 Å². The Bertz CT molecular complexity index is 684. The lowest BCUT2D eigenvalue weighted by molar-refractivity contribution is 0.0600. The maximum absolute atomic E-state index is 11.7. The summed E-state index contributed by atoms with van der Waals surface area (Å²) in [6.45, 7) is 13.5. The molecule has 0 heterocycles. The number of hydrogen-bond acceptors (Lipinski definition) is 3. The smallest absolute Gasteiger partial charge is 0.337 e. The summed E-state index contributed by atoms with van der Waals surface area (Å²) in [5.74, 6) is 3.04. The fourth-order valence-corrected chi connectivity index (χ4v) is 3.46. The molecule has 0 bridgehead atoms. The summed E-state index contributed by atoms with van der Waals surface area (Å²) >= 11 is 0. The standard InChI is InChI=1S/C18H27NO2Si2/c1-21-18(20)14-8-9-17(19)15(12-14)13-16(23(5,6)7)10-11-22(2,3)4/h8-9,12-13H,19H2,1-7H3/b16-13+. The Morgan fingerprint density at radius 3 is 2.26 bits per heavy atom. The number of anilines is 1. The van der Waals surface area contributed by atoms with Gasteiger partial charge in [-0.15, -0.1) is 5.54 Å². The van der Waals surface area contributed by atoms with Gasteiger partial charge < -0.3 is 10.5 Å². The summed E-state index contributed by atoms with van der Waals surface area (Å²) in [5.41, 5.74) is 11.5. The normalized spacial score (nSPS) is 12.4. The Morgan fingerprint density at radius 2 is 1.78 bits per heavy atom. The largest absolute Gasteiger partial charge is 0.465 e. The molecular formula is C18H27NO2Si2. The van der Waals surface area contributed by atoms with E-state index in [9.17, 15) is 4.79 Å². The van der Waals surface area contributed by atoms with Gasteiger partial charge in [-0.1, -0.05) is 45.2 Å². The van der Waals surface area contributed by atoms with Gasteiger partial charge >= 0.3 is 5.97 Å². The van der Waals surface area contributed by atoms with E-state index in [1.165, 1.54) is 7.11 Å². The number of nitrogen functional groups attached to an aromatic ring is 1. The monoisotopic (exact) mass is 345 g/mol. The highest BCUT2D eigenvalue weighted by Crippen LogP contribution is 2.23. The van der Waals surface area contributed by atoms with Crippen molar-refractivity contribution in [1.82, 2.24) is 0 Å². The van der Waals surface area contributed by atoms with E-state index in [-0.39, 0.29) is 5.97 Å². The van der Waals surface area contributed by atoms with Crippen molar-refractivity contribution in [3.63, 3.8) is 0 Å². The molecule has 0 saturated carbocycles. The minimum absolute atomic E-state index is 0.359. The van der Waals surface area contributed by atoms with E-state index < -0.39 is 16.1 Å². The highest BCUT2D eigenvalue weighted by Gasteiger charge is 2.20. The summed E-state index contributed by atoms with van der Waals surface area (Å²) in [5, 5.41) is 1.15. The maximum atomic E-state index is 11.7. The van der Waals surface area contributed by atoms with Gasteiger partial charge in [0.25, 0.3) is 0 Å². The van der Waals surface area contributed by atoms with Gasteiger partial charge in [-0.2, -0.15) is 0 Å². The third-order valence-electron chi connectivity index (χ3n) is 3.19. The second kappa shape index (κ2) is 7.20. The molecule has 124 valence electrons. The Balaban J connectivity index is 3.42. The zero-order valence-electron chi connectivity index (χ0n) is 15.2. The van der Waals surface area contributed by atoms with Gasteiger partial charge in [0, 0.05) is 5.69 Å². The molecule has 0 fully saturated rings. The zero-order valence-corrected chi connectivity index (χ0v) is 17.2. The van der Waals surface area contributed by atoms with E-state index in [1.54, 1.807) is 18.2 Å². The van der Waals surface area contributed by atoms with Crippen LogP contribution < -0.4 is 5.73 Å². The summed E-state index contributed by atoms with van der Waals surface area (Å²) in [6, 6.07) is 5.20. The van der Waals surface area contributed by atoms with Gasteiger partial charge in [0.1, 0.15) is 8.07 Å². The number of nitrogens with two attached hydrogens (primary N) is 1. The summed E-state index contributed by atoms with van der Waals surface area (Å²) in [7, 11) is -1.68. The predicted octanol–water partition coefficient (Wildman–Crippen LogP) is 4.20. The van der Waals surface area contributed by atoms with Gasteiger partial charge in [-0.05, 0) is 35.0 Å². The fraction of sp³-hybridized carbons (Fsp3) is 0.389. The molecule has 23 heavy (non-hydrogen) atoms. The fourth-order valence-electron chi connectivity index (χ4n) is 1.80. The van der Waals surface area contributed by atoms with Crippen LogP contribution in [-0.4, -0.2) is 29.2 Å². The molecule has 0 atom stereocenters. The van der Waals surface area contributed by atoms with Gasteiger partial charge in [0.05, 0.1) is 20.7 Å². The molecule has 0 aliphatic rings. The Labute approximate surface area is 141 Å². The molecule has 2 N–H and O–H groups in total. The summed E-state index contributed by atoms with van der Waals surface area (Å²) in [4.78, 5) is 11.7. The molecule has 3 nitrogen and oxygen atoms in total. The summed E-state index contributed by atoms with van der Waals surface area (Å²) in [6.07, 6.45) is 2.04. The van der Waals surface area contributed by atoms with E-state index in [2.05, 4.69) is 50.7 Å². The highest BCUT2D eigenvalue weighted by atomic mass is 28.3. The number of esters is 1. The molecule has 1 aromatic rings. The first kappa shape index (κ1) is 19.3. The minimum Gasteiger partial charge on any atom is -0.465 e. The number of rotatable bonds is 3. The number of benzene rings is 1. The zero-order chi connectivity index (χ0) is 17.8. The van der Waals surface area contributed by atoms with Crippen LogP contribution in [0.4, 0.5) is 5.69 Å². The summed E-state index contributed by atoms with van der Waals surface area (Å²) < 4.78 is 4.78. The first-order valence-electron chi connectivity index (χ1n) is 7.67. The second-order valence-electron chi connectivity index (χ2n) is 7.64. The molecule has 0 radical (unpaired) electrons. The first-order valence-corrected chi connectivity index (χ1v) is 14.7. The molecule has 0 aliphatic heterocycles. The molecule has 5 heteroatoms. The molecule has 0 amide bonds. The Kier molecular flexibility index (Phi) is 6.03. The predicted molar refractivity (Wildman–Crippen MR) is 105 cm³/mol.